The molecule has 1 spiro atoms. The molecule has 0 amide bonds. The first-order valence-electron chi connectivity index (χ1n) is 20.2. The molecule has 56 heavy (non-hydrogen) atoms. The van der Waals surface area contributed by atoms with E-state index in [-0.39, 0.29) is 29.7 Å². The molecule has 8 heteroatoms. The van der Waals surface area contributed by atoms with E-state index < -0.39 is 28.6 Å². The van der Waals surface area contributed by atoms with Gasteiger partial charge in [-0.1, -0.05) is 80.9 Å². The van der Waals surface area contributed by atoms with Crippen molar-refractivity contribution in [3.05, 3.63) is 112 Å². The Kier molecular flexibility index (Phi) is 11.3. The largest absolute Gasteiger partial charge is 0.399 e. The summed E-state index contributed by atoms with van der Waals surface area (Å²) in [4.78, 5) is 57.4. The molecule has 2 saturated heterocycles. The van der Waals surface area contributed by atoms with Crippen molar-refractivity contribution in [2.24, 2.45) is 0 Å². The van der Waals surface area contributed by atoms with Gasteiger partial charge in [-0.25, -0.2) is 0 Å². The van der Waals surface area contributed by atoms with Gasteiger partial charge in [0.25, 0.3) is 0 Å². The zero-order chi connectivity index (χ0) is 39.8. The monoisotopic (exact) mass is 773 g/mol. The molecule has 4 atom stereocenters. The molecule has 0 radical (unpaired) electrons. The number of rotatable bonds is 11. The lowest BCUT2D eigenvalue weighted by Crippen LogP contribution is -2.61. The lowest BCUT2D eigenvalue weighted by atomic mass is 9.69. The lowest BCUT2D eigenvalue weighted by Gasteiger charge is -2.47. The van der Waals surface area contributed by atoms with Gasteiger partial charge in [-0.05, 0) is 152 Å². The molecule has 7 rings (SSSR count). The van der Waals surface area contributed by atoms with Gasteiger partial charge in [0.1, 0.15) is 35.2 Å². The average molecular weight is 774 g/mol. The summed E-state index contributed by atoms with van der Waals surface area (Å²) in [6.07, 6.45) is 5.93. The molecule has 1 aliphatic carbocycles. The Labute approximate surface area is 335 Å². The zero-order valence-corrected chi connectivity index (χ0v) is 33.7. The summed E-state index contributed by atoms with van der Waals surface area (Å²) in [6.45, 7) is 7.67. The normalized spacial score (nSPS) is 24.9. The van der Waals surface area contributed by atoms with Gasteiger partial charge in [-0.3, -0.25) is 19.2 Å². The number of ketones is 4. The average Bonchev–Trinajstić information content (AvgIpc) is 3.69. The molecule has 292 valence electrons. The first-order valence-corrected chi connectivity index (χ1v) is 20.6. The minimum atomic E-state index is -1.22. The van der Waals surface area contributed by atoms with Crippen LogP contribution >= 0.6 is 11.6 Å². The molecule has 4 aromatic carbocycles. The van der Waals surface area contributed by atoms with Gasteiger partial charge in [0.05, 0.1) is 0 Å². The number of Topliss-reactive ketones (excluding diaryl/α,β-unsaturated/α-hetero) is 4. The van der Waals surface area contributed by atoms with Crippen LogP contribution in [0.4, 0.5) is 5.69 Å². The Hall–Kier alpha value is -4.43. The van der Waals surface area contributed by atoms with E-state index in [1.807, 2.05) is 113 Å². The number of nitrogens with two attached hydrogens (primary N) is 1. The topological polar surface area (TPSA) is 113 Å². The molecule has 7 nitrogen and oxygen atoms in total. The van der Waals surface area contributed by atoms with Crippen molar-refractivity contribution in [2.75, 3.05) is 12.3 Å². The summed E-state index contributed by atoms with van der Waals surface area (Å²) in [5.74, 6) is -2.71. The van der Waals surface area contributed by atoms with Crippen LogP contribution in [0.5, 0.6) is 0 Å². The van der Waals surface area contributed by atoms with E-state index in [9.17, 15) is 19.2 Å². The first-order chi connectivity index (χ1) is 26.9. The highest BCUT2D eigenvalue weighted by atomic mass is 35.5. The molecule has 2 aliphatic heterocycles. The van der Waals surface area contributed by atoms with E-state index in [0.717, 1.165) is 51.8 Å². The second-order valence-electron chi connectivity index (χ2n) is 16.1. The number of carbonyl (C=O) groups excluding carboxylic acids is 4. The Morgan fingerprint density at radius 1 is 0.696 bits per heavy atom. The molecule has 4 unspecified atom stereocenters. The van der Waals surface area contributed by atoms with Gasteiger partial charge < -0.3 is 15.2 Å². The highest BCUT2D eigenvalue weighted by Crippen LogP contribution is 2.47. The molecule has 1 saturated carbocycles. The molecule has 2 N–H and O–H groups in total. The van der Waals surface area contributed by atoms with E-state index >= 15 is 0 Å². The fraction of sp³-hybridized carbons (Fsp3) is 0.417. The van der Waals surface area contributed by atoms with E-state index in [4.69, 9.17) is 26.8 Å². The third-order valence-electron chi connectivity index (χ3n) is 12.8. The van der Waals surface area contributed by atoms with Crippen molar-refractivity contribution >= 4 is 40.4 Å². The minimum absolute atomic E-state index is 0.0907. The van der Waals surface area contributed by atoms with E-state index in [2.05, 4.69) is 0 Å². The summed E-state index contributed by atoms with van der Waals surface area (Å²) in [7, 11) is 0. The number of halogens is 1. The van der Waals surface area contributed by atoms with Gasteiger partial charge in [-0.2, -0.15) is 0 Å². The van der Waals surface area contributed by atoms with Crippen molar-refractivity contribution in [1.82, 2.24) is 0 Å². The number of benzene rings is 4. The van der Waals surface area contributed by atoms with Crippen LogP contribution in [0.25, 0.3) is 22.3 Å². The Bertz CT molecular complexity index is 2150. The standard InChI is InChI=1S/C48H52ClNO6/c1-5-30-12-14-34(32-18-22-37(50)23-19-32)27-38(30)42-43(52)46(4,6-2)56-47(7-3,45(42)54)26-10-11-33-13-15-35(31-16-20-36(49)21-17-31)28-39(33)41-40(51)29-55-48(44(41)53)24-8-9-25-48/h12-23,27-28,41-42H,5-11,24-26,29,50H2,1-4H3. The quantitative estimate of drug-likeness (QED) is 0.119. The van der Waals surface area contributed by atoms with Crippen molar-refractivity contribution in [1.29, 1.82) is 0 Å². The van der Waals surface area contributed by atoms with Crippen molar-refractivity contribution in [2.45, 2.75) is 121 Å². The minimum Gasteiger partial charge on any atom is -0.399 e. The maximum absolute atomic E-state index is 15.0. The highest BCUT2D eigenvalue weighted by molar-refractivity contribution is 6.30. The van der Waals surface area contributed by atoms with Crippen LogP contribution < -0.4 is 5.73 Å². The van der Waals surface area contributed by atoms with Gasteiger partial charge in [0, 0.05) is 10.7 Å². The number of anilines is 1. The molecule has 3 fully saturated rings. The predicted molar refractivity (Wildman–Crippen MR) is 221 cm³/mol. The highest BCUT2D eigenvalue weighted by Gasteiger charge is 2.58. The lowest BCUT2D eigenvalue weighted by molar-refractivity contribution is -0.197. The van der Waals surface area contributed by atoms with Crippen molar-refractivity contribution in [3.63, 3.8) is 0 Å². The van der Waals surface area contributed by atoms with Gasteiger partial charge >= 0.3 is 0 Å². The third kappa shape index (κ3) is 7.19. The smallest absolute Gasteiger partial charge is 0.179 e. The number of hydrogen-bond donors (Lipinski definition) is 1. The van der Waals surface area contributed by atoms with Gasteiger partial charge in [0.15, 0.2) is 23.1 Å². The Morgan fingerprint density at radius 3 is 1.86 bits per heavy atom. The number of aryl methyl sites for hydroxylation is 2. The maximum Gasteiger partial charge on any atom is 0.179 e. The third-order valence-corrected chi connectivity index (χ3v) is 13.1. The number of hydrogen-bond acceptors (Lipinski definition) is 7. The SMILES string of the molecule is CCc1ccc(-c2ccc(N)cc2)cc1C1C(=O)C(C)(CC)OC(CC)(CCCc2ccc(-c3ccc(Cl)cc3)cc2C2C(=O)COC3(CCCC3)C2=O)C1=O. The van der Waals surface area contributed by atoms with Crippen LogP contribution in [0.1, 0.15) is 113 Å². The first kappa shape index (κ1) is 39.8. The number of nitrogen functional groups attached to an aromatic ring is 1. The van der Waals surface area contributed by atoms with Crippen molar-refractivity contribution in [3.8, 4) is 22.3 Å². The van der Waals surface area contributed by atoms with Gasteiger partial charge in [0.2, 0.25) is 0 Å². The molecule has 0 bridgehead atoms. The van der Waals surface area contributed by atoms with E-state index in [0.29, 0.717) is 67.6 Å². The summed E-state index contributed by atoms with van der Waals surface area (Å²) in [5.41, 5.74) is 10.3. The Morgan fingerprint density at radius 2 is 1.27 bits per heavy atom. The van der Waals surface area contributed by atoms with Crippen LogP contribution in [0.2, 0.25) is 5.02 Å². The van der Waals surface area contributed by atoms with Crippen LogP contribution in [0.15, 0.2) is 84.9 Å². The van der Waals surface area contributed by atoms with Crippen molar-refractivity contribution < 1.29 is 28.7 Å². The van der Waals surface area contributed by atoms with E-state index in [1.54, 1.807) is 0 Å². The van der Waals surface area contributed by atoms with Crippen LogP contribution in [0, 0.1) is 0 Å². The fourth-order valence-electron chi connectivity index (χ4n) is 9.29. The summed E-state index contributed by atoms with van der Waals surface area (Å²) >= 11 is 6.21. The summed E-state index contributed by atoms with van der Waals surface area (Å²) in [5, 5.41) is 0.622. The second-order valence-corrected chi connectivity index (χ2v) is 16.5. The molecule has 0 aromatic heterocycles. The van der Waals surface area contributed by atoms with E-state index in [1.165, 1.54) is 0 Å². The molecule has 3 aliphatic rings. The molecule has 4 aromatic rings. The molecule has 2 heterocycles. The predicted octanol–water partition coefficient (Wildman–Crippen LogP) is 9.98. The molecular weight excluding hydrogens is 722 g/mol. The number of carbonyl (C=O) groups is 4. The van der Waals surface area contributed by atoms with Gasteiger partial charge in [-0.15, -0.1) is 0 Å². The Balaban J connectivity index is 1.23. The molecular formula is C48H52ClNO6. The zero-order valence-electron chi connectivity index (χ0n) is 32.9. The second kappa shape index (κ2) is 15.8. The number of ether oxygens (including phenoxy) is 2. The van der Waals surface area contributed by atoms with Crippen LogP contribution in [-0.2, 0) is 41.5 Å². The summed E-state index contributed by atoms with van der Waals surface area (Å²) in [6, 6.07) is 27.2. The fourth-order valence-corrected chi connectivity index (χ4v) is 9.41. The van der Waals surface area contributed by atoms with Crippen LogP contribution in [0.3, 0.4) is 0 Å². The van der Waals surface area contributed by atoms with Crippen LogP contribution in [-0.4, -0.2) is 46.5 Å². The summed E-state index contributed by atoms with van der Waals surface area (Å²) < 4.78 is 12.8. The maximum atomic E-state index is 15.0.